The molecule has 9 heteroatoms. The maximum Gasteiger partial charge on any atom is 0.243 e. The molecule has 6 nitrogen and oxygen atoms in total. The zero-order valence-electron chi connectivity index (χ0n) is 15.2. The van der Waals surface area contributed by atoms with Crippen LogP contribution in [0.15, 0.2) is 34.2 Å². The smallest absolute Gasteiger partial charge is 0.243 e. The molecule has 0 aromatic heterocycles. The Morgan fingerprint density at radius 2 is 2.00 bits per heavy atom. The molecule has 1 saturated heterocycles. The lowest BCUT2D eigenvalue weighted by atomic mass is 9.92. The molecule has 1 N–H and O–H groups in total. The second kappa shape index (κ2) is 9.13. The van der Waals surface area contributed by atoms with E-state index in [9.17, 15) is 8.42 Å². The van der Waals surface area contributed by atoms with Gasteiger partial charge in [0.1, 0.15) is 0 Å². The summed E-state index contributed by atoms with van der Waals surface area (Å²) < 4.78 is 32.4. The lowest BCUT2D eigenvalue weighted by Gasteiger charge is -2.26. The molecule has 2 unspecified atom stereocenters. The minimum atomic E-state index is -3.44. The highest BCUT2D eigenvalue weighted by Gasteiger charge is 2.31. The number of hydrogen-bond donors (Lipinski definition) is 1. The number of nitrogens with one attached hydrogen (secondary N) is 1. The standard InChI is InChI=1S/C18H25N3O3S2.ClH/c22-26(23,21-8-10-24-11-9-21)15-5-3-4-14(12-15)13-25-18-19-16-6-1-2-7-17(16)20-18;/h3-5,12,16-17H,1-2,6-11,13H2,(H,19,20);1H. The van der Waals surface area contributed by atoms with Crippen molar-refractivity contribution >= 4 is 39.4 Å². The first kappa shape index (κ1) is 20.9. The van der Waals surface area contributed by atoms with E-state index in [1.165, 1.54) is 30.0 Å². The molecular formula is C18H26ClN3O3S2. The van der Waals surface area contributed by atoms with Crippen molar-refractivity contribution in [2.75, 3.05) is 26.3 Å². The summed E-state index contributed by atoms with van der Waals surface area (Å²) >= 11 is 1.67. The van der Waals surface area contributed by atoms with Gasteiger partial charge in [-0.05, 0) is 30.5 Å². The summed E-state index contributed by atoms with van der Waals surface area (Å²) in [5.74, 6) is 0.720. The van der Waals surface area contributed by atoms with Crippen molar-refractivity contribution in [3.05, 3.63) is 29.8 Å². The molecule has 2 fully saturated rings. The minimum Gasteiger partial charge on any atom is -0.379 e. The highest BCUT2D eigenvalue weighted by molar-refractivity contribution is 8.13. The molecule has 27 heavy (non-hydrogen) atoms. The average molecular weight is 432 g/mol. The van der Waals surface area contributed by atoms with Gasteiger partial charge in [0, 0.05) is 18.8 Å². The Morgan fingerprint density at radius 3 is 2.78 bits per heavy atom. The molecule has 0 bridgehead atoms. The number of amidine groups is 1. The van der Waals surface area contributed by atoms with Gasteiger partial charge in [-0.3, -0.25) is 4.99 Å². The van der Waals surface area contributed by atoms with Crippen LogP contribution in [0.4, 0.5) is 0 Å². The van der Waals surface area contributed by atoms with Crippen LogP contribution >= 0.6 is 24.2 Å². The maximum absolute atomic E-state index is 12.8. The first-order valence-corrected chi connectivity index (χ1v) is 11.7. The Kier molecular flexibility index (Phi) is 7.08. The van der Waals surface area contributed by atoms with Crippen molar-refractivity contribution in [1.29, 1.82) is 0 Å². The number of benzene rings is 1. The molecule has 4 rings (SSSR count). The van der Waals surface area contributed by atoms with Gasteiger partial charge in [-0.25, -0.2) is 8.42 Å². The number of fused-ring (bicyclic) bond motifs is 1. The predicted molar refractivity (Wildman–Crippen MR) is 111 cm³/mol. The average Bonchev–Trinajstić information content (AvgIpc) is 3.10. The number of thioether (sulfide) groups is 1. The number of rotatable bonds is 4. The summed E-state index contributed by atoms with van der Waals surface area (Å²) in [6.07, 6.45) is 4.93. The summed E-state index contributed by atoms with van der Waals surface area (Å²) in [6.45, 7) is 1.76. The van der Waals surface area contributed by atoms with Gasteiger partial charge in [0.2, 0.25) is 10.0 Å². The number of ether oxygens (including phenoxy) is 1. The third-order valence-corrected chi connectivity index (χ3v) is 8.07. The summed E-state index contributed by atoms with van der Waals surface area (Å²) in [7, 11) is -3.44. The van der Waals surface area contributed by atoms with Gasteiger partial charge in [0.15, 0.2) is 5.17 Å². The van der Waals surface area contributed by atoms with E-state index in [2.05, 4.69) is 5.32 Å². The Bertz CT molecular complexity index is 782. The SMILES string of the molecule is Cl.O=S(=O)(c1cccc(CSC2=NC3CCCCC3N2)c1)N1CCOCC1. The van der Waals surface area contributed by atoms with Gasteiger partial charge in [-0.2, -0.15) is 4.31 Å². The van der Waals surface area contributed by atoms with E-state index in [0.29, 0.717) is 43.3 Å². The number of nitrogens with zero attached hydrogens (tertiary/aromatic N) is 2. The van der Waals surface area contributed by atoms with Crippen molar-refractivity contribution in [3.8, 4) is 0 Å². The molecule has 150 valence electrons. The van der Waals surface area contributed by atoms with Gasteiger partial charge in [0.05, 0.1) is 30.2 Å². The fourth-order valence-electron chi connectivity index (χ4n) is 3.74. The fraction of sp³-hybridized carbons (Fsp3) is 0.611. The quantitative estimate of drug-likeness (QED) is 0.793. The molecule has 2 atom stereocenters. The van der Waals surface area contributed by atoms with Gasteiger partial charge in [-0.1, -0.05) is 36.7 Å². The van der Waals surface area contributed by atoms with Crippen molar-refractivity contribution in [2.24, 2.45) is 4.99 Å². The molecule has 0 radical (unpaired) electrons. The van der Waals surface area contributed by atoms with Gasteiger partial charge in [-0.15, -0.1) is 12.4 Å². The van der Waals surface area contributed by atoms with Crippen molar-refractivity contribution < 1.29 is 13.2 Å². The number of morpholine rings is 1. The second-order valence-corrected chi connectivity index (χ2v) is 9.89. The van der Waals surface area contributed by atoms with Crippen LogP contribution in [0.1, 0.15) is 31.2 Å². The first-order valence-electron chi connectivity index (χ1n) is 9.27. The summed E-state index contributed by atoms with van der Waals surface area (Å²) in [6, 6.07) is 8.21. The molecule has 1 aromatic rings. The molecular weight excluding hydrogens is 406 g/mol. The largest absolute Gasteiger partial charge is 0.379 e. The maximum atomic E-state index is 12.8. The predicted octanol–water partition coefficient (Wildman–Crippen LogP) is 2.63. The highest BCUT2D eigenvalue weighted by atomic mass is 35.5. The van der Waals surface area contributed by atoms with Gasteiger partial charge < -0.3 is 10.1 Å². The third kappa shape index (κ3) is 4.79. The van der Waals surface area contributed by atoms with Crippen LogP contribution in [0.3, 0.4) is 0 Å². The van der Waals surface area contributed by atoms with E-state index in [0.717, 1.165) is 16.5 Å². The van der Waals surface area contributed by atoms with Crippen LogP contribution < -0.4 is 5.32 Å². The number of hydrogen-bond acceptors (Lipinski definition) is 6. The van der Waals surface area contributed by atoms with E-state index in [1.54, 1.807) is 23.9 Å². The van der Waals surface area contributed by atoms with Crippen LogP contribution in [0.25, 0.3) is 0 Å². The van der Waals surface area contributed by atoms with E-state index < -0.39 is 10.0 Å². The Morgan fingerprint density at radius 1 is 1.22 bits per heavy atom. The van der Waals surface area contributed by atoms with Crippen LogP contribution in [0.5, 0.6) is 0 Å². The van der Waals surface area contributed by atoms with E-state index >= 15 is 0 Å². The lowest BCUT2D eigenvalue weighted by Crippen LogP contribution is -2.40. The third-order valence-electron chi connectivity index (χ3n) is 5.20. The monoisotopic (exact) mass is 431 g/mol. The van der Waals surface area contributed by atoms with Crippen molar-refractivity contribution in [2.45, 2.75) is 48.4 Å². The molecule has 1 saturated carbocycles. The second-order valence-electron chi connectivity index (χ2n) is 6.99. The zero-order valence-corrected chi connectivity index (χ0v) is 17.6. The van der Waals surface area contributed by atoms with Gasteiger partial charge >= 0.3 is 0 Å². The molecule has 1 aliphatic carbocycles. The molecule has 3 aliphatic rings. The Balaban J connectivity index is 0.00000210. The van der Waals surface area contributed by atoms with E-state index in [-0.39, 0.29) is 12.4 Å². The van der Waals surface area contributed by atoms with Crippen LogP contribution in [-0.2, 0) is 20.5 Å². The number of aliphatic imine (C=N–C) groups is 1. The number of halogens is 1. The zero-order chi connectivity index (χ0) is 18.0. The summed E-state index contributed by atoms with van der Waals surface area (Å²) in [4.78, 5) is 5.17. The minimum absolute atomic E-state index is 0. The Labute approximate surface area is 171 Å². The van der Waals surface area contributed by atoms with Crippen LogP contribution in [-0.4, -0.2) is 56.3 Å². The fourth-order valence-corrected chi connectivity index (χ4v) is 6.15. The summed E-state index contributed by atoms with van der Waals surface area (Å²) in [5, 5.41) is 4.54. The molecule has 0 spiro atoms. The normalized spacial score (nSPS) is 25.9. The lowest BCUT2D eigenvalue weighted by molar-refractivity contribution is 0.0730. The van der Waals surface area contributed by atoms with E-state index in [1.807, 2.05) is 12.1 Å². The van der Waals surface area contributed by atoms with Crippen LogP contribution in [0.2, 0.25) is 0 Å². The summed E-state index contributed by atoms with van der Waals surface area (Å²) in [5.41, 5.74) is 1.00. The van der Waals surface area contributed by atoms with E-state index in [4.69, 9.17) is 9.73 Å². The Hall–Kier alpha value is -0.800. The highest BCUT2D eigenvalue weighted by Crippen LogP contribution is 2.28. The van der Waals surface area contributed by atoms with Crippen LogP contribution in [0, 0.1) is 0 Å². The number of sulfonamides is 1. The molecule has 0 amide bonds. The van der Waals surface area contributed by atoms with Crippen molar-refractivity contribution in [1.82, 2.24) is 9.62 Å². The molecule has 1 aromatic carbocycles. The van der Waals surface area contributed by atoms with Gasteiger partial charge in [0.25, 0.3) is 0 Å². The molecule has 2 aliphatic heterocycles. The first-order chi connectivity index (χ1) is 12.6. The molecule has 2 heterocycles. The topological polar surface area (TPSA) is 71.0 Å². The van der Waals surface area contributed by atoms with Crippen molar-refractivity contribution in [3.63, 3.8) is 0 Å².